The minimum atomic E-state index is -0.165. The molecule has 1 amide bonds. The Hall–Kier alpha value is -0.570. The Bertz CT molecular complexity index is 322. The monoisotopic (exact) mass is 252 g/mol. The zero-order valence-electron chi connectivity index (χ0n) is 12.5. The second-order valence-electron chi connectivity index (χ2n) is 6.71. The summed E-state index contributed by atoms with van der Waals surface area (Å²) in [6.45, 7) is 11.1. The summed E-state index contributed by atoms with van der Waals surface area (Å²) < 4.78 is 0. The van der Waals surface area contributed by atoms with Gasteiger partial charge in [-0.05, 0) is 38.0 Å². The maximum absolute atomic E-state index is 12.6. The van der Waals surface area contributed by atoms with Crippen molar-refractivity contribution in [2.24, 2.45) is 11.8 Å². The number of carbonyl (C=O) groups is 1. The highest BCUT2D eigenvalue weighted by Gasteiger charge is 2.59. The van der Waals surface area contributed by atoms with Crippen LogP contribution in [0.15, 0.2) is 0 Å². The lowest BCUT2D eigenvalue weighted by atomic mass is 9.97. The van der Waals surface area contributed by atoms with E-state index in [0.717, 1.165) is 25.7 Å². The summed E-state index contributed by atoms with van der Waals surface area (Å²) in [7, 11) is 0. The molecule has 0 bridgehead atoms. The van der Waals surface area contributed by atoms with Gasteiger partial charge in [-0.15, -0.1) is 0 Å². The molecule has 1 aliphatic carbocycles. The molecule has 1 heterocycles. The van der Waals surface area contributed by atoms with Crippen LogP contribution in [0.2, 0.25) is 0 Å². The van der Waals surface area contributed by atoms with Gasteiger partial charge in [-0.2, -0.15) is 0 Å². The van der Waals surface area contributed by atoms with Crippen molar-refractivity contribution in [3.8, 4) is 0 Å². The summed E-state index contributed by atoms with van der Waals surface area (Å²) in [4.78, 5) is 14.8. The van der Waals surface area contributed by atoms with E-state index in [1.54, 1.807) is 0 Å². The molecular weight excluding hydrogens is 224 g/mol. The van der Waals surface area contributed by atoms with Crippen molar-refractivity contribution < 1.29 is 4.79 Å². The Kier molecular flexibility index (Phi) is 3.72. The molecule has 18 heavy (non-hydrogen) atoms. The quantitative estimate of drug-likeness (QED) is 0.816. The maximum atomic E-state index is 12.6. The highest BCUT2D eigenvalue weighted by atomic mass is 16.2. The summed E-state index contributed by atoms with van der Waals surface area (Å²) in [5, 5.41) is 3.61. The van der Waals surface area contributed by atoms with Gasteiger partial charge in [0.05, 0.1) is 11.7 Å². The zero-order chi connectivity index (χ0) is 13.5. The molecular formula is C15H28N2O. The molecule has 1 aliphatic heterocycles. The van der Waals surface area contributed by atoms with Crippen LogP contribution in [-0.4, -0.2) is 28.6 Å². The van der Waals surface area contributed by atoms with Gasteiger partial charge in [0.25, 0.3) is 0 Å². The second kappa shape index (κ2) is 4.84. The van der Waals surface area contributed by atoms with Crippen LogP contribution in [0.5, 0.6) is 0 Å². The predicted molar refractivity (Wildman–Crippen MR) is 74.1 cm³/mol. The summed E-state index contributed by atoms with van der Waals surface area (Å²) in [6, 6.07) is 0.346. The molecule has 3 heteroatoms. The van der Waals surface area contributed by atoms with Crippen molar-refractivity contribution >= 4 is 5.91 Å². The lowest BCUT2D eigenvalue weighted by Gasteiger charge is -2.34. The number of nitrogens with zero attached hydrogens (tertiary/aromatic N) is 1. The van der Waals surface area contributed by atoms with Crippen molar-refractivity contribution in [1.29, 1.82) is 0 Å². The highest BCUT2D eigenvalue weighted by Crippen LogP contribution is 2.44. The van der Waals surface area contributed by atoms with E-state index in [-0.39, 0.29) is 11.7 Å². The van der Waals surface area contributed by atoms with Gasteiger partial charge in [0.15, 0.2) is 0 Å². The molecule has 1 N–H and O–H groups in total. The Balaban J connectivity index is 2.15. The topological polar surface area (TPSA) is 32.3 Å². The second-order valence-corrected chi connectivity index (χ2v) is 6.71. The summed E-state index contributed by atoms with van der Waals surface area (Å²) >= 11 is 0. The third-order valence-electron chi connectivity index (χ3n) is 4.77. The minimum Gasteiger partial charge on any atom is -0.323 e. The first-order chi connectivity index (χ1) is 8.41. The molecule has 0 radical (unpaired) electrons. The van der Waals surface area contributed by atoms with Crippen molar-refractivity contribution in [3.63, 3.8) is 0 Å². The molecule has 1 saturated carbocycles. The zero-order valence-corrected chi connectivity index (χ0v) is 12.5. The van der Waals surface area contributed by atoms with Crippen LogP contribution in [0.3, 0.4) is 0 Å². The molecule has 3 unspecified atom stereocenters. The smallest absolute Gasteiger partial charge is 0.244 e. The van der Waals surface area contributed by atoms with E-state index < -0.39 is 0 Å². The highest BCUT2D eigenvalue weighted by molar-refractivity contribution is 5.92. The molecule has 3 nitrogen and oxygen atoms in total. The van der Waals surface area contributed by atoms with Gasteiger partial charge in [-0.25, -0.2) is 0 Å². The van der Waals surface area contributed by atoms with E-state index in [4.69, 9.17) is 0 Å². The molecule has 2 fully saturated rings. The van der Waals surface area contributed by atoms with Crippen molar-refractivity contribution in [3.05, 3.63) is 0 Å². The van der Waals surface area contributed by atoms with E-state index in [1.165, 1.54) is 0 Å². The third kappa shape index (κ3) is 2.29. The predicted octanol–water partition coefficient (Wildman–Crippen LogP) is 2.76. The molecule has 1 spiro atoms. The molecule has 3 atom stereocenters. The molecule has 0 aromatic rings. The van der Waals surface area contributed by atoms with E-state index in [1.807, 2.05) is 0 Å². The van der Waals surface area contributed by atoms with E-state index >= 15 is 0 Å². The average molecular weight is 252 g/mol. The molecule has 2 aliphatic rings. The molecule has 0 aromatic heterocycles. The first-order valence-electron chi connectivity index (χ1n) is 7.51. The van der Waals surface area contributed by atoms with Crippen LogP contribution in [0, 0.1) is 11.8 Å². The summed E-state index contributed by atoms with van der Waals surface area (Å²) in [5.41, 5.74) is -0.165. The number of carbonyl (C=O) groups excluding carboxylic acids is 1. The Labute approximate surface area is 111 Å². The van der Waals surface area contributed by atoms with Gasteiger partial charge >= 0.3 is 0 Å². The number of amides is 1. The first kappa shape index (κ1) is 13.9. The van der Waals surface area contributed by atoms with Crippen molar-refractivity contribution in [2.75, 3.05) is 0 Å². The Morgan fingerprint density at radius 3 is 2.39 bits per heavy atom. The molecule has 104 valence electrons. The largest absolute Gasteiger partial charge is 0.323 e. The van der Waals surface area contributed by atoms with Crippen LogP contribution in [0.4, 0.5) is 0 Å². The van der Waals surface area contributed by atoms with Gasteiger partial charge < -0.3 is 4.90 Å². The molecule has 1 saturated heterocycles. The van der Waals surface area contributed by atoms with Crippen molar-refractivity contribution in [2.45, 2.75) is 78.0 Å². The van der Waals surface area contributed by atoms with Gasteiger partial charge in [0, 0.05) is 6.04 Å². The van der Waals surface area contributed by atoms with Gasteiger partial charge in [0.2, 0.25) is 5.91 Å². The fraction of sp³-hybridized carbons (Fsp3) is 0.933. The van der Waals surface area contributed by atoms with Crippen LogP contribution in [0.1, 0.15) is 60.3 Å². The fourth-order valence-electron chi connectivity index (χ4n) is 3.03. The van der Waals surface area contributed by atoms with Crippen molar-refractivity contribution in [1.82, 2.24) is 10.2 Å². The van der Waals surface area contributed by atoms with Gasteiger partial charge in [0.1, 0.15) is 0 Å². The van der Waals surface area contributed by atoms with E-state index in [2.05, 4.69) is 44.8 Å². The lowest BCUT2D eigenvalue weighted by molar-refractivity contribution is -0.133. The number of hydrogen-bond donors (Lipinski definition) is 1. The van der Waals surface area contributed by atoms with E-state index in [9.17, 15) is 4.79 Å². The van der Waals surface area contributed by atoms with Crippen LogP contribution >= 0.6 is 0 Å². The Morgan fingerprint density at radius 2 is 1.94 bits per heavy atom. The molecule has 2 rings (SSSR count). The van der Waals surface area contributed by atoms with Crippen LogP contribution < -0.4 is 5.32 Å². The lowest BCUT2D eigenvalue weighted by Crippen LogP contribution is -2.46. The van der Waals surface area contributed by atoms with Gasteiger partial charge in [-0.1, -0.05) is 34.1 Å². The summed E-state index contributed by atoms with van der Waals surface area (Å²) in [6.07, 6.45) is 4.51. The maximum Gasteiger partial charge on any atom is 0.244 e. The normalized spacial score (nSPS) is 29.1. The average Bonchev–Trinajstić information content (AvgIpc) is 3.02. The fourth-order valence-corrected chi connectivity index (χ4v) is 3.03. The third-order valence-corrected chi connectivity index (χ3v) is 4.77. The van der Waals surface area contributed by atoms with E-state index in [0.29, 0.717) is 23.8 Å². The summed E-state index contributed by atoms with van der Waals surface area (Å²) in [5.74, 6) is 1.55. The van der Waals surface area contributed by atoms with Crippen LogP contribution in [0.25, 0.3) is 0 Å². The van der Waals surface area contributed by atoms with Gasteiger partial charge in [-0.3, -0.25) is 10.1 Å². The Morgan fingerprint density at radius 1 is 1.33 bits per heavy atom. The minimum absolute atomic E-state index is 0.165. The number of nitrogens with one attached hydrogen (secondary N) is 1. The number of hydrogen-bond acceptors (Lipinski definition) is 2. The molecule has 0 aromatic carbocycles. The SMILES string of the molecule is CCC(C)C(C)N1C(=O)C2(CC2)NC1CC(C)C. The first-order valence-corrected chi connectivity index (χ1v) is 7.51. The standard InChI is InChI=1S/C15H28N2O/c1-6-11(4)12(5)17-13(9-10(2)3)16-15(7-8-15)14(17)18/h10-13,16H,6-9H2,1-5H3. The van der Waals surface area contributed by atoms with Crippen LogP contribution in [-0.2, 0) is 4.79 Å². The number of rotatable bonds is 5.